The van der Waals surface area contributed by atoms with Gasteiger partial charge in [0, 0.05) is 12.6 Å². The molecule has 0 fully saturated rings. The maximum absolute atomic E-state index is 12.6. The summed E-state index contributed by atoms with van der Waals surface area (Å²) in [5.74, 6) is 0.806. The van der Waals surface area contributed by atoms with Gasteiger partial charge in [-0.15, -0.1) is 0 Å². The van der Waals surface area contributed by atoms with Crippen LogP contribution in [0.2, 0.25) is 0 Å². The lowest BCUT2D eigenvalue weighted by atomic mass is 10.1. The summed E-state index contributed by atoms with van der Waals surface area (Å²) >= 11 is 0. The zero-order chi connectivity index (χ0) is 8.55. The highest BCUT2D eigenvalue weighted by molar-refractivity contribution is 5.20. The van der Waals surface area contributed by atoms with Gasteiger partial charge in [-0.3, -0.25) is 4.90 Å². The minimum atomic E-state index is -0.446. The third kappa shape index (κ3) is 1.25. The minimum Gasteiger partial charge on any atom is -0.434 e. The summed E-state index contributed by atoms with van der Waals surface area (Å²) in [5.41, 5.74) is 1.04. The highest BCUT2D eigenvalue weighted by Crippen LogP contribution is 2.21. The summed E-state index contributed by atoms with van der Waals surface area (Å²) in [4.78, 5) is 2.24. The first-order chi connectivity index (χ1) is 5.79. The Morgan fingerprint density at radius 1 is 1.67 bits per heavy atom. The molecular weight excluding hydrogens is 157 g/mol. The van der Waals surface area contributed by atoms with E-state index in [-0.39, 0.29) is 0 Å². The molecule has 1 aromatic heterocycles. The van der Waals surface area contributed by atoms with Crippen LogP contribution in [0.4, 0.5) is 4.39 Å². The average Bonchev–Trinajstić information content (AvgIpc) is 2.43. The van der Waals surface area contributed by atoms with Gasteiger partial charge >= 0.3 is 0 Å². The van der Waals surface area contributed by atoms with Crippen LogP contribution >= 0.6 is 0 Å². The van der Waals surface area contributed by atoms with Gasteiger partial charge < -0.3 is 4.42 Å². The van der Waals surface area contributed by atoms with E-state index < -0.39 is 6.01 Å². The van der Waals surface area contributed by atoms with E-state index in [0.29, 0.717) is 0 Å². The van der Waals surface area contributed by atoms with Crippen molar-refractivity contribution in [2.24, 2.45) is 0 Å². The number of hydrogen-bond donors (Lipinski definition) is 0. The summed E-state index contributed by atoms with van der Waals surface area (Å²) in [6.07, 6.45) is 0.913. The molecule has 66 valence electrons. The van der Waals surface area contributed by atoms with E-state index in [1.807, 2.05) is 0 Å². The minimum absolute atomic E-state index is 0.446. The van der Waals surface area contributed by atoms with Gasteiger partial charge in [-0.2, -0.15) is 4.39 Å². The van der Waals surface area contributed by atoms with E-state index in [2.05, 4.69) is 11.8 Å². The molecule has 1 aromatic rings. The molecule has 0 aromatic carbocycles. The lowest BCUT2D eigenvalue weighted by Gasteiger charge is -2.23. The molecule has 0 bridgehead atoms. The Morgan fingerprint density at radius 2 is 2.50 bits per heavy atom. The Hall–Kier alpha value is -0.830. The van der Waals surface area contributed by atoms with E-state index in [1.54, 1.807) is 0 Å². The van der Waals surface area contributed by atoms with Gasteiger partial charge in [0.25, 0.3) is 6.01 Å². The van der Waals surface area contributed by atoms with Crippen molar-refractivity contribution in [3.8, 4) is 0 Å². The number of hydrogen-bond acceptors (Lipinski definition) is 2. The van der Waals surface area contributed by atoms with Crippen LogP contribution in [-0.4, -0.2) is 18.0 Å². The first kappa shape index (κ1) is 7.80. The highest BCUT2D eigenvalue weighted by atomic mass is 19.1. The van der Waals surface area contributed by atoms with Crippen molar-refractivity contribution in [1.82, 2.24) is 4.90 Å². The Bertz CT molecular complexity index is 282. The molecule has 12 heavy (non-hydrogen) atoms. The van der Waals surface area contributed by atoms with Crippen LogP contribution in [0.25, 0.3) is 0 Å². The quantitative estimate of drug-likeness (QED) is 0.637. The van der Waals surface area contributed by atoms with Crippen LogP contribution in [0, 0.1) is 6.01 Å². The van der Waals surface area contributed by atoms with Crippen molar-refractivity contribution >= 4 is 0 Å². The molecule has 0 radical (unpaired) electrons. The van der Waals surface area contributed by atoms with E-state index >= 15 is 0 Å². The van der Waals surface area contributed by atoms with Crippen LogP contribution < -0.4 is 0 Å². The molecule has 1 aliphatic rings. The maximum Gasteiger partial charge on any atom is 0.278 e. The monoisotopic (exact) mass is 169 g/mol. The molecule has 0 aliphatic carbocycles. The summed E-state index contributed by atoms with van der Waals surface area (Å²) < 4.78 is 17.6. The second-order valence-corrected chi connectivity index (χ2v) is 3.12. The molecule has 2 rings (SSSR count). The lowest BCUT2D eigenvalue weighted by molar-refractivity contribution is 0.225. The first-order valence-corrected chi connectivity index (χ1v) is 4.29. The second kappa shape index (κ2) is 2.90. The average molecular weight is 169 g/mol. The molecule has 0 amide bonds. The van der Waals surface area contributed by atoms with Crippen molar-refractivity contribution in [3.63, 3.8) is 0 Å². The van der Waals surface area contributed by atoms with Crippen LogP contribution in [0.5, 0.6) is 0 Å². The number of rotatable bonds is 1. The van der Waals surface area contributed by atoms with Gasteiger partial charge in [-0.05, 0) is 18.5 Å². The van der Waals surface area contributed by atoms with Crippen molar-refractivity contribution in [3.05, 3.63) is 23.4 Å². The van der Waals surface area contributed by atoms with Crippen molar-refractivity contribution in [2.45, 2.75) is 19.9 Å². The fourth-order valence-corrected chi connectivity index (χ4v) is 1.61. The standard InChI is InChI=1S/C9H12FNO/c1-2-11-4-3-7-5-9(10)12-8(7)6-11/h5H,2-4,6H2,1H3. The Labute approximate surface area is 71.0 Å². The SMILES string of the molecule is CCN1CCc2cc(F)oc2C1. The predicted molar refractivity (Wildman–Crippen MR) is 43.3 cm³/mol. The van der Waals surface area contributed by atoms with Crippen LogP contribution in [0.3, 0.4) is 0 Å². The number of fused-ring (bicyclic) bond motifs is 1. The highest BCUT2D eigenvalue weighted by Gasteiger charge is 2.19. The van der Waals surface area contributed by atoms with Gasteiger partial charge in [-0.1, -0.05) is 6.92 Å². The zero-order valence-corrected chi connectivity index (χ0v) is 7.14. The molecule has 0 saturated carbocycles. The normalized spacial score (nSPS) is 17.8. The van der Waals surface area contributed by atoms with Crippen molar-refractivity contribution in [1.29, 1.82) is 0 Å². The largest absolute Gasteiger partial charge is 0.434 e. The molecule has 0 saturated heterocycles. The number of likely N-dealkylation sites (N-methyl/N-ethyl adjacent to an activating group) is 1. The van der Waals surface area contributed by atoms with Crippen molar-refractivity contribution < 1.29 is 8.81 Å². The smallest absolute Gasteiger partial charge is 0.278 e. The van der Waals surface area contributed by atoms with E-state index in [0.717, 1.165) is 37.4 Å². The van der Waals surface area contributed by atoms with Crippen molar-refractivity contribution in [2.75, 3.05) is 13.1 Å². The third-order valence-electron chi connectivity index (χ3n) is 2.38. The van der Waals surface area contributed by atoms with Crippen LogP contribution in [0.1, 0.15) is 18.2 Å². The zero-order valence-electron chi connectivity index (χ0n) is 7.14. The second-order valence-electron chi connectivity index (χ2n) is 3.12. The summed E-state index contributed by atoms with van der Waals surface area (Å²) in [7, 11) is 0. The Morgan fingerprint density at radius 3 is 3.25 bits per heavy atom. The van der Waals surface area contributed by atoms with Gasteiger partial charge in [0.2, 0.25) is 0 Å². The molecule has 2 nitrogen and oxygen atoms in total. The number of furan rings is 1. The first-order valence-electron chi connectivity index (χ1n) is 4.29. The third-order valence-corrected chi connectivity index (χ3v) is 2.38. The summed E-state index contributed by atoms with van der Waals surface area (Å²) in [6, 6.07) is 1.06. The predicted octanol–water partition coefficient (Wildman–Crippen LogP) is 1.80. The fourth-order valence-electron chi connectivity index (χ4n) is 1.61. The summed E-state index contributed by atoms with van der Waals surface area (Å²) in [5, 5.41) is 0. The molecule has 0 unspecified atom stereocenters. The van der Waals surface area contributed by atoms with Crippen LogP contribution in [-0.2, 0) is 13.0 Å². The maximum atomic E-state index is 12.6. The van der Waals surface area contributed by atoms with Crippen LogP contribution in [0.15, 0.2) is 10.5 Å². The number of halogens is 1. The topological polar surface area (TPSA) is 16.4 Å². The number of nitrogens with zero attached hydrogens (tertiary/aromatic N) is 1. The van der Waals surface area contributed by atoms with E-state index in [9.17, 15) is 4.39 Å². The van der Waals surface area contributed by atoms with Gasteiger partial charge in [-0.25, -0.2) is 0 Å². The Kier molecular flexibility index (Phi) is 1.89. The lowest BCUT2D eigenvalue weighted by Crippen LogP contribution is -2.29. The molecule has 3 heteroatoms. The van der Waals surface area contributed by atoms with E-state index in [1.165, 1.54) is 6.07 Å². The van der Waals surface area contributed by atoms with E-state index in [4.69, 9.17) is 4.42 Å². The molecule has 2 heterocycles. The molecule has 0 N–H and O–H groups in total. The molecule has 0 atom stereocenters. The molecular formula is C9H12FNO. The fraction of sp³-hybridized carbons (Fsp3) is 0.556. The van der Waals surface area contributed by atoms with Gasteiger partial charge in [0.15, 0.2) is 0 Å². The molecule has 0 spiro atoms. The Balaban J connectivity index is 2.22. The van der Waals surface area contributed by atoms with Gasteiger partial charge in [0.1, 0.15) is 5.76 Å². The summed E-state index contributed by atoms with van der Waals surface area (Å²) in [6.45, 7) is 4.88. The molecule has 1 aliphatic heterocycles. The van der Waals surface area contributed by atoms with Gasteiger partial charge in [0.05, 0.1) is 6.54 Å².